The van der Waals surface area contributed by atoms with Gasteiger partial charge < -0.3 is 4.90 Å². The molecule has 1 aliphatic heterocycles. The summed E-state index contributed by atoms with van der Waals surface area (Å²) in [5.74, 6) is 0.920. The lowest BCUT2D eigenvalue weighted by atomic mass is 9.87. The smallest absolute Gasteiger partial charge is 0.0259 e. The number of rotatable bonds is 2. The molecule has 1 N–H and O–H groups in total. The van der Waals surface area contributed by atoms with Crippen molar-refractivity contribution in [2.75, 3.05) is 33.2 Å². The van der Waals surface area contributed by atoms with E-state index in [0.29, 0.717) is 0 Å². The van der Waals surface area contributed by atoms with E-state index in [9.17, 15) is 0 Å². The van der Waals surface area contributed by atoms with Gasteiger partial charge in [-0.05, 0) is 25.8 Å². The summed E-state index contributed by atoms with van der Waals surface area (Å²) in [6, 6.07) is 0.747. The van der Waals surface area contributed by atoms with E-state index in [2.05, 4.69) is 29.3 Å². The van der Waals surface area contributed by atoms with Crippen molar-refractivity contribution in [1.82, 2.24) is 15.3 Å². The first-order chi connectivity index (χ1) is 7.24. The summed E-state index contributed by atoms with van der Waals surface area (Å²) in [6.07, 6.45) is 5.58. The van der Waals surface area contributed by atoms with Crippen LogP contribution in [0.25, 0.3) is 0 Å². The highest BCUT2D eigenvalue weighted by Crippen LogP contribution is 2.23. The minimum absolute atomic E-state index is 0.747. The maximum Gasteiger partial charge on any atom is 0.0259 e. The Labute approximate surface area is 93.8 Å². The lowest BCUT2D eigenvalue weighted by Crippen LogP contribution is -2.54. The quantitative estimate of drug-likeness (QED) is 0.743. The van der Waals surface area contributed by atoms with Gasteiger partial charge in [0.05, 0.1) is 0 Å². The lowest BCUT2D eigenvalue weighted by molar-refractivity contribution is 0.0728. The van der Waals surface area contributed by atoms with Crippen LogP contribution in [0.1, 0.15) is 32.6 Å². The average Bonchev–Trinajstić information content (AvgIpc) is 2.22. The number of nitrogens with zero attached hydrogens (tertiary/aromatic N) is 2. The Morgan fingerprint density at radius 1 is 1.07 bits per heavy atom. The van der Waals surface area contributed by atoms with Gasteiger partial charge in [0.25, 0.3) is 0 Å². The monoisotopic (exact) mass is 211 g/mol. The first kappa shape index (κ1) is 11.4. The van der Waals surface area contributed by atoms with Crippen molar-refractivity contribution >= 4 is 0 Å². The largest absolute Gasteiger partial charge is 0.304 e. The molecule has 0 aromatic heterocycles. The predicted molar refractivity (Wildman–Crippen MR) is 63.6 cm³/mol. The van der Waals surface area contributed by atoms with Gasteiger partial charge in [0.1, 0.15) is 0 Å². The molecule has 3 heteroatoms. The summed E-state index contributed by atoms with van der Waals surface area (Å²) in [6.45, 7) is 7.16. The van der Waals surface area contributed by atoms with Gasteiger partial charge in [0.2, 0.25) is 0 Å². The maximum absolute atomic E-state index is 3.72. The van der Waals surface area contributed by atoms with E-state index in [1.807, 2.05) is 0 Å². The van der Waals surface area contributed by atoms with Crippen LogP contribution in [0.15, 0.2) is 0 Å². The molecule has 0 unspecified atom stereocenters. The van der Waals surface area contributed by atoms with E-state index in [-0.39, 0.29) is 0 Å². The Balaban J connectivity index is 1.71. The van der Waals surface area contributed by atoms with Crippen LogP contribution in [0.2, 0.25) is 0 Å². The van der Waals surface area contributed by atoms with Gasteiger partial charge in [0, 0.05) is 32.2 Å². The molecule has 0 amide bonds. The third kappa shape index (κ3) is 3.44. The highest BCUT2D eigenvalue weighted by molar-refractivity contribution is 4.76. The van der Waals surface area contributed by atoms with Crippen LogP contribution in [-0.2, 0) is 0 Å². The van der Waals surface area contributed by atoms with Gasteiger partial charge in [-0.15, -0.1) is 0 Å². The first-order valence-electron chi connectivity index (χ1n) is 6.43. The molecule has 1 aliphatic carbocycles. The van der Waals surface area contributed by atoms with Crippen molar-refractivity contribution in [1.29, 1.82) is 0 Å². The standard InChI is InChI=1S/C12H25N3/c1-11-4-3-5-12(10-11)13-15-8-6-14(2)7-9-15/h11-13H,3-10H2,1-2H3/t11-,12-/m0/s1. The molecule has 0 bridgehead atoms. The molecule has 0 radical (unpaired) electrons. The van der Waals surface area contributed by atoms with Gasteiger partial charge in [-0.25, -0.2) is 5.01 Å². The van der Waals surface area contributed by atoms with Crippen molar-refractivity contribution in [2.45, 2.75) is 38.6 Å². The molecule has 2 atom stereocenters. The second-order valence-electron chi connectivity index (χ2n) is 5.39. The second kappa shape index (κ2) is 5.28. The molecular weight excluding hydrogens is 186 g/mol. The summed E-state index contributed by atoms with van der Waals surface area (Å²) in [7, 11) is 2.21. The fraction of sp³-hybridized carbons (Fsp3) is 1.00. The van der Waals surface area contributed by atoms with Crippen molar-refractivity contribution in [3.8, 4) is 0 Å². The Bertz CT molecular complexity index is 187. The molecule has 2 aliphatic rings. The van der Waals surface area contributed by atoms with Crippen LogP contribution < -0.4 is 5.43 Å². The first-order valence-corrected chi connectivity index (χ1v) is 6.43. The zero-order valence-corrected chi connectivity index (χ0v) is 10.2. The van der Waals surface area contributed by atoms with Gasteiger partial charge in [-0.1, -0.05) is 19.8 Å². The topological polar surface area (TPSA) is 18.5 Å². The fourth-order valence-corrected chi connectivity index (χ4v) is 2.75. The van der Waals surface area contributed by atoms with Gasteiger partial charge in [-0.2, -0.15) is 0 Å². The summed E-state index contributed by atoms with van der Waals surface area (Å²) in [5.41, 5.74) is 3.72. The second-order valence-corrected chi connectivity index (χ2v) is 5.39. The molecule has 3 nitrogen and oxygen atoms in total. The Hall–Kier alpha value is -0.120. The Morgan fingerprint density at radius 2 is 1.80 bits per heavy atom. The fourth-order valence-electron chi connectivity index (χ4n) is 2.75. The highest BCUT2D eigenvalue weighted by atomic mass is 15.5. The van der Waals surface area contributed by atoms with Crippen molar-refractivity contribution in [3.63, 3.8) is 0 Å². The SMILES string of the molecule is C[C@H]1CCC[C@H](NN2CCN(C)CC2)C1. The number of likely N-dealkylation sites (N-methyl/N-ethyl adjacent to an activating group) is 1. The third-order valence-electron chi connectivity index (χ3n) is 3.80. The predicted octanol–water partition coefficient (Wildman–Crippen LogP) is 1.32. The van der Waals surface area contributed by atoms with Crippen LogP contribution in [0.3, 0.4) is 0 Å². The van der Waals surface area contributed by atoms with Crippen LogP contribution in [0.4, 0.5) is 0 Å². The lowest BCUT2D eigenvalue weighted by Gasteiger charge is -2.37. The number of hydrazine groups is 1. The molecule has 0 aromatic rings. The highest BCUT2D eigenvalue weighted by Gasteiger charge is 2.22. The summed E-state index contributed by atoms with van der Waals surface area (Å²) in [5, 5.41) is 2.43. The molecule has 2 rings (SSSR count). The van der Waals surface area contributed by atoms with Gasteiger partial charge in [-0.3, -0.25) is 5.43 Å². The zero-order valence-electron chi connectivity index (χ0n) is 10.2. The normalized spacial score (nSPS) is 35.6. The van der Waals surface area contributed by atoms with Crippen molar-refractivity contribution in [2.24, 2.45) is 5.92 Å². The van der Waals surface area contributed by atoms with Crippen molar-refractivity contribution < 1.29 is 0 Å². The molecule has 1 saturated heterocycles. The van der Waals surface area contributed by atoms with E-state index in [4.69, 9.17) is 0 Å². The van der Waals surface area contributed by atoms with Crippen LogP contribution in [-0.4, -0.2) is 49.2 Å². The molecule has 2 fully saturated rings. The number of piperazine rings is 1. The molecule has 88 valence electrons. The molecular formula is C12H25N3. The van der Waals surface area contributed by atoms with Gasteiger partial charge in [0.15, 0.2) is 0 Å². The molecule has 0 spiro atoms. The summed E-state index contributed by atoms with van der Waals surface area (Å²) in [4.78, 5) is 2.40. The maximum atomic E-state index is 3.72. The molecule has 1 heterocycles. The van der Waals surface area contributed by atoms with Crippen LogP contribution in [0.5, 0.6) is 0 Å². The Morgan fingerprint density at radius 3 is 2.47 bits per heavy atom. The van der Waals surface area contributed by atoms with Gasteiger partial charge >= 0.3 is 0 Å². The summed E-state index contributed by atoms with van der Waals surface area (Å²) >= 11 is 0. The van der Waals surface area contributed by atoms with Crippen LogP contribution in [0, 0.1) is 5.92 Å². The minimum Gasteiger partial charge on any atom is -0.304 e. The van der Waals surface area contributed by atoms with E-state index in [0.717, 1.165) is 12.0 Å². The Kier molecular flexibility index (Phi) is 4.00. The van der Waals surface area contributed by atoms with E-state index >= 15 is 0 Å². The van der Waals surface area contributed by atoms with E-state index in [1.165, 1.54) is 51.9 Å². The van der Waals surface area contributed by atoms with E-state index < -0.39 is 0 Å². The third-order valence-corrected chi connectivity index (χ3v) is 3.80. The van der Waals surface area contributed by atoms with Crippen molar-refractivity contribution in [3.05, 3.63) is 0 Å². The summed E-state index contributed by atoms with van der Waals surface area (Å²) < 4.78 is 0. The molecule has 0 aromatic carbocycles. The number of hydrogen-bond donors (Lipinski definition) is 1. The number of hydrogen-bond acceptors (Lipinski definition) is 3. The van der Waals surface area contributed by atoms with Crippen LogP contribution >= 0.6 is 0 Å². The molecule has 1 saturated carbocycles. The average molecular weight is 211 g/mol. The van der Waals surface area contributed by atoms with E-state index in [1.54, 1.807) is 0 Å². The minimum atomic E-state index is 0.747. The number of nitrogens with one attached hydrogen (secondary N) is 1. The molecule has 15 heavy (non-hydrogen) atoms. The zero-order chi connectivity index (χ0) is 10.7.